The summed E-state index contributed by atoms with van der Waals surface area (Å²) in [5.41, 5.74) is 2.49. The number of rotatable bonds is 4. The summed E-state index contributed by atoms with van der Waals surface area (Å²) in [6.07, 6.45) is 0.343. The zero-order valence-corrected chi connectivity index (χ0v) is 14.8. The van der Waals surface area contributed by atoms with Crippen molar-refractivity contribution in [2.45, 2.75) is 13.3 Å². The number of halogens is 1. The summed E-state index contributed by atoms with van der Waals surface area (Å²) < 4.78 is 18.8. The molecule has 27 heavy (non-hydrogen) atoms. The Morgan fingerprint density at radius 3 is 2.59 bits per heavy atom. The average Bonchev–Trinajstić information content (AvgIpc) is 3.00. The number of fused-ring (bicyclic) bond motifs is 3. The molecule has 0 amide bonds. The van der Waals surface area contributed by atoms with Gasteiger partial charge in [-0.25, -0.2) is 9.18 Å². The van der Waals surface area contributed by atoms with Crippen LogP contribution < -0.4 is 0 Å². The zero-order valence-electron chi connectivity index (χ0n) is 14.8. The van der Waals surface area contributed by atoms with Crippen molar-refractivity contribution in [3.8, 4) is 5.75 Å². The largest absolute Gasteiger partial charge is 0.507 e. The molecule has 4 nitrogen and oxygen atoms in total. The van der Waals surface area contributed by atoms with Crippen molar-refractivity contribution in [2.75, 3.05) is 6.61 Å². The SMILES string of the molecule is CCOC(=O)c1c(Cc2cccc(F)c2)[nH]c2c1cc(O)c1ccccc12. The van der Waals surface area contributed by atoms with Crippen LogP contribution in [0.2, 0.25) is 0 Å². The lowest BCUT2D eigenvalue weighted by molar-refractivity contribution is 0.0527. The predicted octanol–water partition coefficient (Wildman–Crippen LogP) is 4.93. The van der Waals surface area contributed by atoms with Gasteiger partial charge in [0, 0.05) is 28.3 Å². The number of ether oxygens (including phenoxy) is 1. The third kappa shape index (κ3) is 3.01. The van der Waals surface area contributed by atoms with E-state index in [-0.39, 0.29) is 18.2 Å². The number of hydrogen-bond donors (Lipinski definition) is 2. The second-order valence-electron chi connectivity index (χ2n) is 6.37. The molecule has 4 aromatic rings. The molecule has 0 saturated heterocycles. The van der Waals surface area contributed by atoms with Crippen molar-refractivity contribution in [1.82, 2.24) is 4.98 Å². The molecule has 3 aromatic carbocycles. The molecule has 2 N–H and O–H groups in total. The molecule has 0 saturated carbocycles. The lowest BCUT2D eigenvalue weighted by Crippen LogP contribution is -2.07. The van der Waals surface area contributed by atoms with Crippen molar-refractivity contribution in [1.29, 1.82) is 0 Å². The first-order valence-corrected chi connectivity index (χ1v) is 8.75. The van der Waals surface area contributed by atoms with Crippen LogP contribution in [0.15, 0.2) is 54.6 Å². The van der Waals surface area contributed by atoms with Crippen molar-refractivity contribution in [3.63, 3.8) is 0 Å². The Morgan fingerprint density at radius 2 is 1.85 bits per heavy atom. The Kier molecular flexibility index (Phi) is 4.28. The maximum atomic E-state index is 13.6. The summed E-state index contributed by atoms with van der Waals surface area (Å²) >= 11 is 0. The number of phenolic OH excluding ortho intramolecular Hbond substituents is 1. The second-order valence-corrected chi connectivity index (χ2v) is 6.37. The summed E-state index contributed by atoms with van der Waals surface area (Å²) in [5, 5.41) is 12.5. The number of nitrogens with one attached hydrogen (secondary N) is 1. The highest BCUT2D eigenvalue weighted by atomic mass is 19.1. The van der Waals surface area contributed by atoms with Crippen LogP contribution >= 0.6 is 0 Å². The number of H-pyrrole nitrogens is 1. The lowest BCUT2D eigenvalue weighted by Gasteiger charge is -2.06. The van der Waals surface area contributed by atoms with Crippen LogP contribution in [-0.4, -0.2) is 22.7 Å². The molecular formula is C22H18FNO3. The van der Waals surface area contributed by atoms with E-state index in [9.17, 15) is 14.3 Å². The van der Waals surface area contributed by atoms with Gasteiger partial charge in [-0.3, -0.25) is 0 Å². The third-order valence-electron chi connectivity index (χ3n) is 4.62. The minimum Gasteiger partial charge on any atom is -0.507 e. The number of aromatic amines is 1. The number of hydrogen-bond acceptors (Lipinski definition) is 3. The molecule has 0 aliphatic carbocycles. The van der Waals surface area contributed by atoms with Crippen LogP contribution in [0.4, 0.5) is 4.39 Å². The fourth-order valence-electron chi connectivity index (χ4n) is 3.48. The van der Waals surface area contributed by atoms with Crippen molar-refractivity contribution >= 4 is 27.6 Å². The Labute approximate surface area is 155 Å². The molecule has 0 aliphatic rings. The molecule has 5 heteroatoms. The Hall–Kier alpha value is -3.34. The summed E-state index contributed by atoms with van der Waals surface area (Å²) in [6, 6.07) is 15.3. The van der Waals surface area contributed by atoms with Gasteiger partial charge >= 0.3 is 5.97 Å². The maximum absolute atomic E-state index is 13.6. The van der Waals surface area contributed by atoms with Crippen LogP contribution in [0, 0.1) is 5.82 Å². The van der Waals surface area contributed by atoms with Gasteiger partial charge in [-0.1, -0.05) is 36.4 Å². The highest BCUT2D eigenvalue weighted by molar-refractivity contribution is 6.15. The van der Waals surface area contributed by atoms with E-state index in [2.05, 4.69) is 4.98 Å². The summed E-state index contributed by atoms with van der Waals surface area (Å²) in [4.78, 5) is 16.0. The molecule has 1 aromatic heterocycles. The van der Waals surface area contributed by atoms with E-state index in [0.717, 1.165) is 16.5 Å². The van der Waals surface area contributed by atoms with E-state index in [4.69, 9.17) is 4.74 Å². The average molecular weight is 363 g/mol. The van der Waals surface area contributed by atoms with Crippen LogP contribution in [-0.2, 0) is 11.2 Å². The van der Waals surface area contributed by atoms with Crippen molar-refractivity contribution in [3.05, 3.63) is 77.2 Å². The highest BCUT2D eigenvalue weighted by Crippen LogP contribution is 2.36. The summed E-state index contributed by atoms with van der Waals surface area (Å²) in [7, 11) is 0. The van der Waals surface area contributed by atoms with Crippen LogP contribution in [0.5, 0.6) is 5.75 Å². The predicted molar refractivity (Wildman–Crippen MR) is 103 cm³/mol. The van der Waals surface area contributed by atoms with Crippen molar-refractivity contribution < 1.29 is 19.0 Å². The van der Waals surface area contributed by atoms with Gasteiger partial charge in [0.1, 0.15) is 11.6 Å². The molecule has 0 atom stereocenters. The molecule has 0 fully saturated rings. The molecule has 1 heterocycles. The first-order valence-electron chi connectivity index (χ1n) is 8.75. The zero-order chi connectivity index (χ0) is 19.0. The van der Waals surface area contributed by atoms with Crippen molar-refractivity contribution in [2.24, 2.45) is 0 Å². The molecule has 0 unspecified atom stereocenters. The van der Waals surface area contributed by atoms with E-state index in [1.54, 1.807) is 25.1 Å². The normalized spacial score (nSPS) is 11.2. The molecule has 0 radical (unpaired) electrons. The molecular weight excluding hydrogens is 345 g/mol. The number of carbonyl (C=O) groups is 1. The van der Waals surface area contributed by atoms with Gasteiger partial charge in [-0.2, -0.15) is 0 Å². The second kappa shape index (κ2) is 6.76. The summed E-state index contributed by atoms with van der Waals surface area (Å²) in [5.74, 6) is -0.700. The van der Waals surface area contributed by atoms with E-state index in [1.807, 2.05) is 24.3 Å². The fraction of sp³-hybridized carbons (Fsp3) is 0.136. The van der Waals surface area contributed by atoms with Crippen LogP contribution in [0.25, 0.3) is 21.7 Å². The van der Waals surface area contributed by atoms with Crippen LogP contribution in [0.1, 0.15) is 28.5 Å². The third-order valence-corrected chi connectivity index (χ3v) is 4.62. The fourth-order valence-corrected chi connectivity index (χ4v) is 3.48. The van der Waals surface area contributed by atoms with Gasteiger partial charge in [0.05, 0.1) is 17.7 Å². The minimum absolute atomic E-state index is 0.0972. The van der Waals surface area contributed by atoms with Gasteiger partial charge in [-0.05, 0) is 30.7 Å². The first-order chi connectivity index (χ1) is 13.1. The number of benzene rings is 3. The monoisotopic (exact) mass is 363 g/mol. The van der Waals surface area contributed by atoms with E-state index in [0.29, 0.717) is 28.5 Å². The Bertz CT molecular complexity index is 1160. The quantitative estimate of drug-likeness (QED) is 0.505. The Morgan fingerprint density at radius 1 is 1.07 bits per heavy atom. The standard InChI is InChI=1S/C22H18FNO3/c1-2-27-22(26)20-17-12-19(25)15-8-3-4-9-16(15)21(17)24-18(20)11-13-6-5-7-14(23)10-13/h3-10,12,24-25H,2,11H2,1H3. The number of phenols is 1. The highest BCUT2D eigenvalue weighted by Gasteiger charge is 2.22. The van der Waals surface area contributed by atoms with E-state index >= 15 is 0 Å². The number of aromatic nitrogens is 1. The molecule has 0 bridgehead atoms. The van der Waals surface area contributed by atoms with Gasteiger partial charge in [-0.15, -0.1) is 0 Å². The molecule has 0 aliphatic heterocycles. The number of esters is 1. The van der Waals surface area contributed by atoms with Gasteiger partial charge in [0.15, 0.2) is 0 Å². The van der Waals surface area contributed by atoms with Gasteiger partial charge in [0.25, 0.3) is 0 Å². The van der Waals surface area contributed by atoms with Gasteiger partial charge < -0.3 is 14.8 Å². The molecule has 0 spiro atoms. The number of aromatic hydroxyl groups is 1. The summed E-state index contributed by atoms with van der Waals surface area (Å²) in [6.45, 7) is 1.98. The number of carbonyl (C=O) groups excluding carboxylic acids is 1. The van der Waals surface area contributed by atoms with E-state index < -0.39 is 5.97 Å². The minimum atomic E-state index is -0.468. The first kappa shape index (κ1) is 17.1. The van der Waals surface area contributed by atoms with E-state index in [1.165, 1.54) is 12.1 Å². The smallest absolute Gasteiger partial charge is 0.340 e. The molecule has 4 rings (SSSR count). The lowest BCUT2D eigenvalue weighted by atomic mass is 10.0. The van der Waals surface area contributed by atoms with Gasteiger partial charge in [0.2, 0.25) is 0 Å². The topological polar surface area (TPSA) is 62.3 Å². The maximum Gasteiger partial charge on any atom is 0.340 e. The molecule has 136 valence electrons. The van der Waals surface area contributed by atoms with Crippen LogP contribution in [0.3, 0.4) is 0 Å². The Balaban J connectivity index is 1.97.